The van der Waals surface area contributed by atoms with Crippen molar-refractivity contribution in [2.45, 2.75) is 77.1 Å². The molecule has 1 aliphatic heterocycles. The minimum atomic E-state index is -4.54. The third-order valence-electron chi connectivity index (χ3n) is 7.68. The van der Waals surface area contributed by atoms with Gasteiger partial charge in [-0.05, 0) is 62.6 Å². The van der Waals surface area contributed by atoms with Crippen LogP contribution in [0.5, 0.6) is 0 Å². The number of nitrogens with zero attached hydrogens (tertiary/aromatic N) is 4. The van der Waals surface area contributed by atoms with Crippen LogP contribution in [0.2, 0.25) is 0 Å². The zero-order valence-corrected chi connectivity index (χ0v) is 22.9. The summed E-state index contributed by atoms with van der Waals surface area (Å²) in [6.07, 6.45) is 0.508. The lowest BCUT2D eigenvalue weighted by molar-refractivity contribution is -0.142. The lowest BCUT2D eigenvalue weighted by atomic mass is 9.87. The molecule has 208 valence electrons. The van der Waals surface area contributed by atoms with Crippen LogP contribution >= 0.6 is 11.3 Å². The highest BCUT2D eigenvalue weighted by atomic mass is 32.1. The van der Waals surface area contributed by atoms with Crippen LogP contribution in [-0.2, 0) is 30.4 Å². The monoisotopic (exact) mass is 559 g/mol. The van der Waals surface area contributed by atoms with Crippen LogP contribution in [-0.4, -0.2) is 44.6 Å². The summed E-state index contributed by atoms with van der Waals surface area (Å²) in [5, 5.41) is 7.69. The maximum atomic E-state index is 13.3. The number of carbonyl (C=O) groups excluding carboxylic acids is 2. The number of thiazole rings is 1. The normalized spacial score (nSPS) is 18.2. The highest BCUT2D eigenvalue weighted by Crippen LogP contribution is 2.35. The van der Waals surface area contributed by atoms with E-state index >= 15 is 0 Å². The Hall–Kier alpha value is -3.21. The predicted octanol–water partition coefficient (Wildman–Crippen LogP) is 5.44. The topological polar surface area (TPSA) is 80.1 Å². The van der Waals surface area contributed by atoms with Crippen LogP contribution in [0.4, 0.5) is 13.2 Å². The van der Waals surface area contributed by atoms with Gasteiger partial charge in [-0.15, -0.1) is 11.3 Å². The van der Waals surface area contributed by atoms with Crippen molar-refractivity contribution in [2.24, 2.45) is 0 Å². The second kappa shape index (κ2) is 11.1. The zero-order valence-electron chi connectivity index (χ0n) is 22.1. The molecule has 2 aliphatic rings. The lowest BCUT2D eigenvalue weighted by Crippen LogP contribution is -2.40. The predicted molar refractivity (Wildman–Crippen MR) is 142 cm³/mol. The Labute approximate surface area is 229 Å². The van der Waals surface area contributed by atoms with Crippen molar-refractivity contribution in [2.75, 3.05) is 13.1 Å². The van der Waals surface area contributed by atoms with Crippen molar-refractivity contribution in [3.05, 3.63) is 68.4 Å². The van der Waals surface area contributed by atoms with Gasteiger partial charge in [-0.3, -0.25) is 14.3 Å². The fourth-order valence-electron chi connectivity index (χ4n) is 5.50. The zero-order chi connectivity index (χ0) is 27.7. The van der Waals surface area contributed by atoms with Crippen molar-refractivity contribution in [3.63, 3.8) is 0 Å². The average Bonchev–Trinajstić information content (AvgIpc) is 3.53. The van der Waals surface area contributed by atoms with Crippen molar-refractivity contribution >= 4 is 23.2 Å². The molecule has 1 unspecified atom stereocenters. The molecule has 2 amide bonds. The quantitative estimate of drug-likeness (QED) is 0.436. The molecule has 1 aliphatic carbocycles. The van der Waals surface area contributed by atoms with Crippen LogP contribution in [0.1, 0.15) is 87.5 Å². The highest BCUT2D eigenvalue weighted by Gasteiger charge is 2.35. The van der Waals surface area contributed by atoms with Crippen LogP contribution < -0.4 is 5.32 Å². The van der Waals surface area contributed by atoms with Crippen LogP contribution in [0.15, 0.2) is 30.3 Å². The molecule has 0 saturated carbocycles. The van der Waals surface area contributed by atoms with Gasteiger partial charge in [0.15, 0.2) is 5.69 Å². The molecule has 1 aromatic carbocycles. The summed E-state index contributed by atoms with van der Waals surface area (Å²) in [5.74, 6) is -0.268. The molecule has 1 N–H and O–H groups in total. The molecular weight excluding hydrogens is 527 g/mol. The Kier molecular flexibility index (Phi) is 7.80. The summed E-state index contributed by atoms with van der Waals surface area (Å²) >= 11 is 1.57. The molecule has 5 rings (SSSR count). The molecule has 39 heavy (non-hydrogen) atoms. The van der Waals surface area contributed by atoms with E-state index in [1.807, 2.05) is 19.1 Å². The number of amides is 2. The molecule has 1 saturated heterocycles. The number of piperidine rings is 1. The molecule has 3 aromatic rings. The molecule has 1 fully saturated rings. The maximum Gasteiger partial charge on any atom is 0.435 e. The fraction of sp³-hybridized carbons (Fsp3) is 0.500. The van der Waals surface area contributed by atoms with Gasteiger partial charge in [-0.1, -0.05) is 31.2 Å². The van der Waals surface area contributed by atoms with Gasteiger partial charge in [0.2, 0.25) is 5.91 Å². The van der Waals surface area contributed by atoms with E-state index in [9.17, 15) is 22.8 Å². The van der Waals surface area contributed by atoms with E-state index < -0.39 is 11.9 Å². The Morgan fingerprint density at radius 1 is 1.15 bits per heavy atom. The average molecular weight is 560 g/mol. The third-order valence-corrected chi connectivity index (χ3v) is 9.04. The molecule has 2 aromatic heterocycles. The SMILES string of the molecule is CCc1sc(C2CCN(C(=O)Cn3nc(C(F)(F)F)cc3C)CC2)nc1C(=O)NC1CCCc2ccccc21. The number of aromatic nitrogens is 3. The van der Waals surface area contributed by atoms with Crippen molar-refractivity contribution in [3.8, 4) is 0 Å². The second-order valence-electron chi connectivity index (χ2n) is 10.3. The highest BCUT2D eigenvalue weighted by molar-refractivity contribution is 7.12. The molecule has 0 bridgehead atoms. The number of benzene rings is 1. The Morgan fingerprint density at radius 2 is 1.90 bits per heavy atom. The van der Waals surface area contributed by atoms with Gasteiger partial charge in [0, 0.05) is 29.6 Å². The number of rotatable bonds is 6. The first-order valence-corrected chi connectivity index (χ1v) is 14.2. The molecule has 7 nitrogen and oxygen atoms in total. The summed E-state index contributed by atoms with van der Waals surface area (Å²) in [4.78, 5) is 33.5. The Bertz CT molecular complexity index is 1360. The largest absolute Gasteiger partial charge is 0.435 e. The van der Waals surface area contributed by atoms with Gasteiger partial charge >= 0.3 is 6.18 Å². The van der Waals surface area contributed by atoms with E-state index in [0.29, 0.717) is 43.7 Å². The second-order valence-corrected chi connectivity index (χ2v) is 11.4. The van der Waals surface area contributed by atoms with Crippen LogP contribution in [0, 0.1) is 6.92 Å². The van der Waals surface area contributed by atoms with Gasteiger partial charge in [0.25, 0.3) is 5.91 Å². The number of likely N-dealkylation sites (tertiary alicyclic amines) is 1. The van der Waals surface area contributed by atoms with E-state index in [1.54, 1.807) is 16.2 Å². The van der Waals surface area contributed by atoms with Crippen LogP contribution in [0.25, 0.3) is 0 Å². The van der Waals surface area contributed by atoms with Gasteiger partial charge in [0.1, 0.15) is 12.2 Å². The summed E-state index contributed by atoms with van der Waals surface area (Å²) < 4.78 is 40.0. The van der Waals surface area contributed by atoms with E-state index in [1.165, 1.54) is 18.1 Å². The number of halogens is 3. The Morgan fingerprint density at radius 3 is 2.59 bits per heavy atom. The number of carbonyl (C=O) groups is 2. The van der Waals surface area contributed by atoms with Crippen LogP contribution in [0.3, 0.4) is 0 Å². The van der Waals surface area contributed by atoms with Gasteiger partial charge in [-0.2, -0.15) is 18.3 Å². The molecule has 3 heterocycles. The fourth-order valence-corrected chi connectivity index (χ4v) is 6.68. The number of aryl methyl sites for hydroxylation is 3. The van der Waals surface area contributed by atoms with Gasteiger partial charge in [0.05, 0.1) is 11.0 Å². The number of nitrogens with one attached hydrogen (secondary N) is 1. The first kappa shape index (κ1) is 27.4. The van der Waals surface area contributed by atoms with E-state index in [0.717, 1.165) is 39.9 Å². The number of hydrogen-bond donors (Lipinski definition) is 1. The standard InChI is InChI=1S/C28H32F3N5O2S/c1-3-22-25(26(38)32-21-10-6-8-18-7-4-5-9-20(18)21)33-27(39-22)19-11-13-35(14-12-19)24(37)16-36-17(2)15-23(34-36)28(29,30)31/h4-5,7,9,15,19,21H,3,6,8,10-14,16H2,1-2H3,(H,32,38). The molecular formula is C28H32F3N5O2S. The number of fused-ring (bicyclic) bond motifs is 1. The first-order chi connectivity index (χ1) is 18.6. The van der Waals surface area contributed by atoms with Crippen molar-refractivity contribution in [1.82, 2.24) is 25.0 Å². The van der Waals surface area contributed by atoms with Crippen molar-refractivity contribution < 1.29 is 22.8 Å². The lowest BCUT2D eigenvalue weighted by Gasteiger charge is -2.31. The molecule has 1 atom stereocenters. The van der Waals surface area contributed by atoms with E-state index in [4.69, 9.17) is 4.98 Å². The maximum absolute atomic E-state index is 13.3. The van der Waals surface area contributed by atoms with E-state index in [2.05, 4.69) is 22.5 Å². The number of hydrogen-bond acceptors (Lipinski definition) is 5. The summed E-state index contributed by atoms with van der Waals surface area (Å²) in [6, 6.07) is 9.19. The first-order valence-electron chi connectivity index (χ1n) is 13.4. The van der Waals surface area contributed by atoms with Gasteiger partial charge < -0.3 is 10.2 Å². The Balaban J connectivity index is 1.21. The third kappa shape index (κ3) is 5.88. The van der Waals surface area contributed by atoms with Gasteiger partial charge in [-0.25, -0.2) is 4.98 Å². The minimum Gasteiger partial charge on any atom is -0.344 e. The minimum absolute atomic E-state index is 0.0165. The summed E-state index contributed by atoms with van der Waals surface area (Å²) in [6.45, 7) is 4.27. The molecule has 0 spiro atoms. The molecule has 0 radical (unpaired) electrons. The van der Waals surface area contributed by atoms with E-state index in [-0.39, 0.29) is 30.3 Å². The smallest absolute Gasteiger partial charge is 0.344 e. The summed E-state index contributed by atoms with van der Waals surface area (Å²) in [7, 11) is 0. The summed E-state index contributed by atoms with van der Waals surface area (Å²) in [5.41, 5.74) is 2.27. The molecule has 11 heteroatoms. The number of alkyl halides is 3. The van der Waals surface area contributed by atoms with Crippen molar-refractivity contribution in [1.29, 1.82) is 0 Å².